The van der Waals surface area contributed by atoms with Crippen molar-refractivity contribution in [2.24, 2.45) is 13.0 Å². The molecule has 0 radical (unpaired) electrons. The summed E-state index contributed by atoms with van der Waals surface area (Å²) in [7, 11) is 1.93. The third-order valence-corrected chi connectivity index (χ3v) is 6.11. The van der Waals surface area contributed by atoms with E-state index in [-0.39, 0.29) is 17.2 Å². The fraction of sp³-hybridized carbons (Fsp3) is 0.429. The van der Waals surface area contributed by atoms with Crippen LogP contribution in [0.4, 0.5) is 0 Å². The lowest BCUT2D eigenvalue weighted by molar-refractivity contribution is 0.0766. The van der Waals surface area contributed by atoms with Crippen LogP contribution in [0.2, 0.25) is 0 Å². The van der Waals surface area contributed by atoms with E-state index in [9.17, 15) is 4.79 Å². The number of aryl methyl sites for hydroxylation is 2. The Balaban J connectivity index is 1.41. The van der Waals surface area contributed by atoms with Gasteiger partial charge in [0.15, 0.2) is 5.82 Å². The van der Waals surface area contributed by atoms with Crippen molar-refractivity contribution in [3.63, 3.8) is 0 Å². The molecule has 8 nitrogen and oxygen atoms in total. The van der Waals surface area contributed by atoms with Crippen molar-refractivity contribution in [2.45, 2.75) is 18.9 Å². The molecule has 0 unspecified atom stereocenters. The fourth-order valence-corrected chi connectivity index (χ4v) is 4.82. The number of fused-ring (bicyclic) bond motifs is 1. The second-order valence-corrected chi connectivity index (χ2v) is 8.24. The van der Waals surface area contributed by atoms with Crippen LogP contribution in [0.15, 0.2) is 47.2 Å². The zero-order valence-corrected chi connectivity index (χ0v) is 16.7. The largest absolute Gasteiger partial charge is 0.339 e. The third kappa shape index (κ3) is 3.13. The number of amides is 1. The molecule has 2 fully saturated rings. The predicted molar refractivity (Wildman–Crippen MR) is 105 cm³/mol. The Kier molecular flexibility index (Phi) is 4.24. The Morgan fingerprint density at radius 3 is 2.76 bits per heavy atom. The van der Waals surface area contributed by atoms with Gasteiger partial charge < -0.3 is 9.42 Å². The molecule has 2 saturated heterocycles. The SMILES string of the molecule is Cc1noc([C@]23CN(Cc4cnn(C)c4)C[C@H]2CN(C(=O)c2ccccc2)C3)n1. The van der Waals surface area contributed by atoms with Gasteiger partial charge in [0.05, 0.1) is 11.6 Å². The number of hydrogen-bond donors (Lipinski definition) is 0. The molecule has 4 heterocycles. The Bertz CT molecular complexity index is 1030. The van der Waals surface area contributed by atoms with Gasteiger partial charge in [-0.25, -0.2) is 0 Å². The molecular formula is C21H24N6O2. The van der Waals surface area contributed by atoms with Gasteiger partial charge in [0, 0.05) is 63.0 Å². The van der Waals surface area contributed by atoms with Crippen molar-refractivity contribution < 1.29 is 9.32 Å². The van der Waals surface area contributed by atoms with Crippen LogP contribution in [0, 0.1) is 12.8 Å². The summed E-state index contributed by atoms with van der Waals surface area (Å²) in [5, 5.41) is 8.31. The van der Waals surface area contributed by atoms with E-state index in [2.05, 4.69) is 20.1 Å². The number of benzene rings is 1. The van der Waals surface area contributed by atoms with Gasteiger partial charge in [0.2, 0.25) is 5.89 Å². The van der Waals surface area contributed by atoms with Crippen molar-refractivity contribution in [1.29, 1.82) is 0 Å². The summed E-state index contributed by atoms with van der Waals surface area (Å²) >= 11 is 0. The summed E-state index contributed by atoms with van der Waals surface area (Å²) in [5.74, 6) is 1.60. The first-order valence-electron chi connectivity index (χ1n) is 9.88. The van der Waals surface area contributed by atoms with Gasteiger partial charge in [-0.15, -0.1) is 0 Å². The van der Waals surface area contributed by atoms with E-state index in [0.29, 0.717) is 24.8 Å². The molecule has 0 spiro atoms. The van der Waals surface area contributed by atoms with Crippen LogP contribution >= 0.6 is 0 Å². The highest BCUT2D eigenvalue weighted by molar-refractivity contribution is 5.94. The summed E-state index contributed by atoms with van der Waals surface area (Å²) in [6.07, 6.45) is 3.95. The molecule has 5 rings (SSSR count). The number of carbonyl (C=O) groups is 1. The summed E-state index contributed by atoms with van der Waals surface area (Å²) < 4.78 is 7.47. The standard InChI is InChI=1S/C21H24N6O2/c1-15-23-20(29-24-15)21-13-26(10-16-8-22-25(2)9-16)11-18(21)12-27(14-21)19(28)17-6-4-3-5-7-17/h3-9,18H,10-14H2,1-2H3/t18-,21-/m0/s1. The Hall–Kier alpha value is -3.00. The highest BCUT2D eigenvalue weighted by atomic mass is 16.5. The maximum absolute atomic E-state index is 13.1. The minimum absolute atomic E-state index is 0.0643. The van der Waals surface area contributed by atoms with Crippen LogP contribution in [0.3, 0.4) is 0 Å². The van der Waals surface area contributed by atoms with E-state index < -0.39 is 0 Å². The number of nitrogens with zero attached hydrogens (tertiary/aromatic N) is 6. The highest BCUT2D eigenvalue weighted by Crippen LogP contribution is 2.45. The average Bonchev–Trinajstić information content (AvgIpc) is 3.46. The number of rotatable bonds is 4. The Morgan fingerprint density at radius 2 is 2.07 bits per heavy atom. The smallest absolute Gasteiger partial charge is 0.253 e. The van der Waals surface area contributed by atoms with E-state index in [4.69, 9.17) is 4.52 Å². The summed E-state index contributed by atoms with van der Waals surface area (Å²) in [5.41, 5.74) is 1.58. The van der Waals surface area contributed by atoms with E-state index in [1.807, 2.05) is 66.3 Å². The minimum atomic E-state index is -0.325. The van der Waals surface area contributed by atoms with Gasteiger partial charge in [-0.05, 0) is 19.1 Å². The van der Waals surface area contributed by atoms with E-state index in [1.54, 1.807) is 0 Å². The van der Waals surface area contributed by atoms with Gasteiger partial charge in [0.1, 0.15) is 0 Å². The lowest BCUT2D eigenvalue weighted by atomic mass is 9.81. The molecule has 2 aliphatic rings. The molecule has 0 aliphatic carbocycles. The lowest BCUT2D eigenvalue weighted by Gasteiger charge is -2.26. The zero-order valence-electron chi connectivity index (χ0n) is 16.7. The Labute approximate surface area is 169 Å². The summed E-state index contributed by atoms with van der Waals surface area (Å²) in [6, 6.07) is 9.46. The van der Waals surface area contributed by atoms with Crippen LogP contribution in [0.25, 0.3) is 0 Å². The van der Waals surface area contributed by atoms with E-state index in [0.717, 1.165) is 25.2 Å². The quantitative estimate of drug-likeness (QED) is 0.672. The molecule has 1 amide bonds. The zero-order chi connectivity index (χ0) is 20.0. The van der Waals surface area contributed by atoms with E-state index in [1.165, 1.54) is 5.56 Å². The fourth-order valence-electron chi connectivity index (χ4n) is 4.82. The van der Waals surface area contributed by atoms with Gasteiger partial charge in [0.25, 0.3) is 5.91 Å². The molecule has 0 bridgehead atoms. The first-order chi connectivity index (χ1) is 14.0. The van der Waals surface area contributed by atoms with Crippen LogP contribution in [0.5, 0.6) is 0 Å². The molecular weight excluding hydrogens is 368 g/mol. The monoisotopic (exact) mass is 392 g/mol. The number of aromatic nitrogens is 4. The van der Waals surface area contributed by atoms with Crippen LogP contribution in [-0.4, -0.2) is 61.8 Å². The molecule has 150 valence electrons. The first kappa shape index (κ1) is 18.1. The van der Waals surface area contributed by atoms with Crippen molar-refractivity contribution in [1.82, 2.24) is 29.7 Å². The molecule has 2 aliphatic heterocycles. The lowest BCUT2D eigenvalue weighted by Crippen LogP contribution is -2.39. The molecule has 1 aromatic carbocycles. The summed E-state index contributed by atoms with van der Waals surface area (Å²) in [4.78, 5) is 22.0. The van der Waals surface area contributed by atoms with Gasteiger partial charge in [-0.2, -0.15) is 10.1 Å². The molecule has 3 aromatic rings. The second-order valence-electron chi connectivity index (χ2n) is 8.24. The van der Waals surface area contributed by atoms with Crippen molar-refractivity contribution in [3.05, 3.63) is 65.6 Å². The summed E-state index contributed by atoms with van der Waals surface area (Å²) in [6.45, 7) is 5.62. The molecule has 8 heteroatoms. The normalized spacial score (nSPS) is 24.2. The van der Waals surface area contributed by atoms with Crippen molar-refractivity contribution in [3.8, 4) is 0 Å². The third-order valence-electron chi connectivity index (χ3n) is 6.11. The van der Waals surface area contributed by atoms with Crippen LogP contribution in [0.1, 0.15) is 27.6 Å². The second kappa shape index (κ2) is 6.81. The van der Waals surface area contributed by atoms with Gasteiger partial charge in [-0.3, -0.25) is 14.4 Å². The molecule has 29 heavy (non-hydrogen) atoms. The number of carbonyl (C=O) groups excluding carboxylic acids is 1. The molecule has 2 aromatic heterocycles. The maximum atomic E-state index is 13.1. The van der Waals surface area contributed by atoms with Crippen molar-refractivity contribution in [2.75, 3.05) is 26.2 Å². The number of hydrogen-bond acceptors (Lipinski definition) is 6. The Morgan fingerprint density at radius 1 is 1.24 bits per heavy atom. The molecule has 0 N–H and O–H groups in total. The topological polar surface area (TPSA) is 80.3 Å². The van der Waals surface area contributed by atoms with Crippen LogP contribution in [-0.2, 0) is 19.0 Å². The first-order valence-corrected chi connectivity index (χ1v) is 9.88. The van der Waals surface area contributed by atoms with Gasteiger partial charge >= 0.3 is 0 Å². The average molecular weight is 392 g/mol. The van der Waals surface area contributed by atoms with Crippen molar-refractivity contribution >= 4 is 5.91 Å². The minimum Gasteiger partial charge on any atom is -0.339 e. The van der Waals surface area contributed by atoms with E-state index >= 15 is 0 Å². The van der Waals surface area contributed by atoms with Gasteiger partial charge in [-0.1, -0.05) is 23.4 Å². The molecule has 0 saturated carbocycles. The number of likely N-dealkylation sites (tertiary alicyclic amines) is 2. The highest BCUT2D eigenvalue weighted by Gasteiger charge is 2.57. The van der Waals surface area contributed by atoms with Crippen LogP contribution < -0.4 is 0 Å². The maximum Gasteiger partial charge on any atom is 0.253 e. The predicted octanol–water partition coefficient (Wildman–Crippen LogP) is 1.64. The molecule has 2 atom stereocenters.